The van der Waals surface area contributed by atoms with Crippen molar-refractivity contribution in [2.45, 2.75) is 26.0 Å². The van der Waals surface area contributed by atoms with Crippen LogP contribution in [0.4, 0.5) is 0 Å². The summed E-state index contributed by atoms with van der Waals surface area (Å²) in [5.41, 5.74) is 6.57. The predicted molar refractivity (Wildman–Crippen MR) is 65.3 cm³/mol. The van der Waals surface area contributed by atoms with E-state index < -0.39 is 12.0 Å². The van der Waals surface area contributed by atoms with Gasteiger partial charge in [-0.2, -0.15) is 0 Å². The van der Waals surface area contributed by atoms with E-state index in [9.17, 15) is 4.79 Å². The SMILES string of the molecule is CCCOCC(N)C(=O)OCc1ccccc1. The fraction of sp³-hybridized carbons (Fsp3) is 0.462. The van der Waals surface area contributed by atoms with Crippen LogP contribution in [-0.2, 0) is 20.9 Å². The highest BCUT2D eigenvalue weighted by Gasteiger charge is 2.14. The maximum atomic E-state index is 11.5. The molecule has 0 spiro atoms. The van der Waals surface area contributed by atoms with Gasteiger partial charge in [-0.3, -0.25) is 4.79 Å². The number of ether oxygens (including phenoxy) is 2. The lowest BCUT2D eigenvalue weighted by Crippen LogP contribution is -2.36. The second-order valence-electron chi connectivity index (χ2n) is 3.77. The van der Waals surface area contributed by atoms with Gasteiger partial charge in [-0.1, -0.05) is 37.3 Å². The highest BCUT2D eigenvalue weighted by atomic mass is 16.5. The molecule has 0 amide bonds. The fourth-order valence-corrected chi connectivity index (χ4v) is 1.26. The van der Waals surface area contributed by atoms with Gasteiger partial charge in [0, 0.05) is 6.61 Å². The molecule has 2 N–H and O–H groups in total. The zero-order chi connectivity index (χ0) is 12.5. The van der Waals surface area contributed by atoms with E-state index in [1.54, 1.807) is 0 Å². The molecule has 1 unspecified atom stereocenters. The normalized spacial score (nSPS) is 12.1. The Hall–Kier alpha value is -1.39. The van der Waals surface area contributed by atoms with E-state index in [0.717, 1.165) is 12.0 Å². The van der Waals surface area contributed by atoms with E-state index in [0.29, 0.717) is 6.61 Å². The van der Waals surface area contributed by atoms with Crippen LogP contribution < -0.4 is 5.73 Å². The molecule has 0 aromatic heterocycles. The van der Waals surface area contributed by atoms with Gasteiger partial charge in [-0.05, 0) is 12.0 Å². The quantitative estimate of drug-likeness (QED) is 0.576. The first-order chi connectivity index (χ1) is 8.24. The summed E-state index contributed by atoms with van der Waals surface area (Å²) in [6.45, 7) is 3.07. The van der Waals surface area contributed by atoms with Gasteiger partial charge in [0.25, 0.3) is 0 Å². The molecule has 0 saturated carbocycles. The molecule has 0 aliphatic rings. The van der Waals surface area contributed by atoms with Crippen LogP contribution in [0.25, 0.3) is 0 Å². The number of rotatable bonds is 7. The Kier molecular flexibility index (Phi) is 6.29. The van der Waals surface area contributed by atoms with Gasteiger partial charge in [-0.15, -0.1) is 0 Å². The van der Waals surface area contributed by atoms with Gasteiger partial charge in [-0.25, -0.2) is 0 Å². The molecule has 1 rings (SSSR count). The summed E-state index contributed by atoms with van der Waals surface area (Å²) in [4.78, 5) is 11.5. The Bertz CT molecular complexity index is 327. The summed E-state index contributed by atoms with van der Waals surface area (Å²) in [7, 11) is 0. The van der Waals surface area contributed by atoms with Gasteiger partial charge in [0.15, 0.2) is 0 Å². The minimum atomic E-state index is -0.703. The van der Waals surface area contributed by atoms with Crippen LogP contribution in [0.3, 0.4) is 0 Å². The minimum absolute atomic E-state index is 0.210. The summed E-state index contributed by atoms with van der Waals surface area (Å²) in [6, 6.07) is 8.79. The Balaban J connectivity index is 2.24. The van der Waals surface area contributed by atoms with Gasteiger partial charge in [0.1, 0.15) is 12.6 Å². The summed E-state index contributed by atoms with van der Waals surface area (Å²) in [5.74, 6) is -0.426. The lowest BCUT2D eigenvalue weighted by molar-refractivity contribution is -0.148. The molecule has 0 fully saturated rings. The number of hydrogen-bond donors (Lipinski definition) is 1. The van der Waals surface area contributed by atoms with Crippen molar-refractivity contribution in [3.8, 4) is 0 Å². The molecule has 0 aliphatic heterocycles. The monoisotopic (exact) mass is 237 g/mol. The smallest absolute Gasteiger partial charge is 0.325 e. The number of carbonyl (C=O) groups excluding carboxylic acids is 1. The average molecular weight is 237 g/mol. The predicted octanol–water partition coefficient (Wildman–Crippen LogP) is 1.48. The third kappa shape index (κ3) is 5.47. The Morgan fingerprint density at radius 1 is 1.35 bits per heavy atom. The number of benzene rings is 1. The third-order valence-corrected chi connectivity index (χ3v) is 2.17. The van der Waals surface area contributed by atoms with Crippen LogP contribution in [0.5, 0.6) is 0 Å². The molecule has 0 saturated heterocycles. The average Bonchev–Trinajstić information content (AvgIpc) is 2.37. The number of carbonyl (C=O) groups is 1. The molecular weight excluding hydrogens is 218 g/mol. The number of nitrogens with two attached hydrogens (primary N) is 1. The van der Waals surface area contributed by atoms with Gasteiger partial charge >= 0.3 is 5.97 Å². The molecule has 1 aromatic rings. The van der Waals surface area contributed by atoms with E-state index in [1.165, 1.54) is 0 Å². The van der Waals surface area contributed by atoms with Crippen LogP contribution in [0.1, 0.15) is 18.9 Å². The Morgan fingerprint density at radius 3 is 2.71 bits per heavy atom. The second kappa shape index (κ2) is 7.81. The highest BCUT2D eigenvalue weighted by molar-refractivity contribution is 5.75. The van der Waals surface area contributed by atoms with Crippen molar-refractivity contribution in [2.75, 3.05) is 13.2 Å². The molecule has 17 heavy (non-hydrogen) atoms. The Morgan fingerprint density at radius 2 is 2.06 bits per heavy atom. The maximum absolute atomic E-state index is 11.5. The molecule has 4 nitrogen and oxygen atoms in total. The first-order valence-corrected chi connectivity index (χ1v) is 5.78. The first-order valence-electron chi connectivity index (χ1n) is 5.78. The Labute approximate surface area is 102 Å². The van der Waals surface area contributed by atoms with E-state index in [2.05, 4.69) is 0 Å². The summed E-state index contributed by atoms with van der Waals surface area (Å²) < 4.78 is 10.3. The van der Waals surface area contributed by atoms with E-state index in [-0.39, 0.29) is 13.2 Å². The van der Waals surface area contributed by atoms with Gasteiger partial charge < -0.3 is 15.2 Å². The zero-order valence-electron chi connectivity index (χ0n) is 10.1. The summed E-state index contributed by atoms with van der Waals surface area (Å²) >= 11 is 0. The second-order valence-corrected chi connectivity index (χ2v) is 3.77. The van der Waals surface area contributed by atoms with E-state index in [1.807, 2.05) is 37.3 Å². The molecule has 4 heteroatoms. The molecule has 1 aromatic carbocycles. The standard InChI is InChI=1S/C13H19NO3/c1-2-8-16-10-12(14)13(15)17-9-11-6-4-3-5-7-11/h3-7,12H,2,8-10,14H2,1H3. The van der Waals surface area contributed by atoms with Crippen molar-refractivity contribution in [3.63, 3.8) is 0 Å². The summed E-state index contributed by atoms with van der Waals surface area (Å²) in [5, 5.41) is 0. The van der Waals surface area contributed by atoms with Crippen molar-refractivity contribution in [3.05, 3.63) is 35.9 Å². The lowest BCUT2D eigenvalue weighted by Gasteiger charge is -2.11. The van der Waals surface area contributed by atoms with Crippen LogP contribution in [-0.4, -0.2) is 25.2 Å². The molecule has 0 heterocycles. The van der Waals surface area contributed by atoms with E-state index >= 15 is 0 Å². The molecule has 0 aliphatic carbocycles. The van der Waals surface area contributed by atoms with Crippen LogP contribution in [0, 0.1) is 0 Å². The number of esters is 1. The fourth-order valence-electron chi connectivity index (χ4n) is 1.26. The van der Waals surface area contributed by atoms with Crippen LogP contribution in [0.2, 0.25) is 0 Å². The zero-order valence-corrected chi connectivity index (χ0v) is 10.1. The van der Waals surface area contributed by atoms with Gasteiger partial charge in [0.2, 0.25) is 0 Å². The molecule has 0 radical (unpaired) electrons. The van der Waals surface area contributed by atoms with Gasteiger partial charge in [0.05, 0.1) is 6.61 Å². The molecule has 94 valence electrons. The molecule has 0 bridgehead atoms. The number of hydrogen-bond acceptors (Lipinski definition) is 4. The van der Waals surface area contributed by atoms with Crippen LogP contribution in [0.15, 0.2) is 30.3 Å². The largest absolute Gasteiger partial charge is 0.460 e. The topological polar surface area (TPSA) is 61.5 Å². The lowest BCUT2D eigenvalue weighted by atomic mass is 10.2. The third-order valence-electron chi connectivity index (χ3n) is 2.17. The van der Waals surface area contributed by atoms with Crippen molar-refractivity contribution in [1.82, 2.24) is 0 Å². The van der Waals surface area contributed by atoms with Crippen LogP contribution >= 0.6 is 0 Å². The molecular formula is C13H19NO3. The van der Waals surface area contributed by atoms with Crippen molar-refractivity contribution in [1.29, 1.82) is 0 Å². The first kappa shape index (κ1) is 13.7. The molecule has 1 atom stereocenters. The highest BCUT2D eigenvalue weighted by Crippen LogP contribution is 2.01. The van der Waals surface area contributed by atoms with Crippen molar-refractivity contribution in [2.24, 2.45) is 5.73 Å². The summed E-state index contributed by atoms with van der Waals surface area (Å²) in [6.07, 6.45) is 0.909. The van der Waals surface area contributed by atoms with Crippen molar-refractivity contribution >= 4 is 5.97 Å². The minimum Gasteiger partial charge on any atom is -0.460 e. The van der Waals surface area contributed by atoms with E-state index in [4.69, 9.17) is 15.2 Å². The van der Waals surface area contributed by atoms with Crippen molar-refractivity contribution < 1.29 is 14.3 Å². The maximum Gasteiger partial charge on any atom is 0.325 e.